The average Bonchev–Trinajstić information content (AvgIpc) is 2.89. The van der Waals surface area contributed by atoms with Crippen molar-refractivity contribution in [1.29, 1.82) is 0 Å². The van der Waals surface area contributed by atoms with Crippen LogP contribution in [0.1, 0.15) is 88.0 Å². The molecule has 0 atom stereocenters. The van der Waals surface area contributed by atoms with Crippen LogP contribution in [0.25, 0.3) is 0 Å². The zero-order valence-electron chi connectivity index (χ0n) is 27.2. The fourth-order valence-corrected chi connectivity index (χ4v) is 3.41. The van der Waals surface area contributed by atoms with E-state index < -0.39 is 0 Å². The maximum absolute atomic E-state index is 11.4. The van der Waals surface area contributed by atoms with Gasteiger partial charge in [0.25, 0.3) is 0 Å². The second-order valence-corrected chi connectivity index (χ2v) is 11.0. The van der Waals surface area contributed by atoms with E-state index in [1.54, 1.807) is 0 Å². The summed E-state index contributed by atoms with van der Waals surface area (Å²) < 4.78 is 0. The number of hydrogen-bond acceptors (Lipinski definition) is 1. The molecule has 0 unspecified atom stereocenters. The number of aldehydes is 1. The highest BCUT2D eigenvalue weighted by Gasteiger charge is 1.89. The number of allylic oxidation sites excluding steroid dienone is 26. The Balaban J connectivity index is 4.86. The fourth-order valence-electron chi connectivity index (χ4n) is 3.41. The average molecular weight is 551 g/mol. The van der Waals surface area contributed by atoms with Crippen molar-refractivity contribution in [1.82, 2.24) is 0 Å². The van der Waals surface area contributed by atoms with Gasteiger partial charge in [0, 0.05) is 5.57 Å². The van der Waals surface area contributed by atoms with E-state index in [9.17, 15) is 4.79 Å². The summed E-state index contributed by atoms with van der Waals surface area (Å²) in [5.74, 6) is 0. The van der Waals surface area contributed by atoms with Gasteiger partial charge in [-0.25, -0.2) is 0 Å². The van der Waals surface area contributed by atoms with Gasteiger partial charge in [-0.2, -0.15) is 0 Å². The summed E-state index contributed by atoms with van der Waals surface area (Å²) in [6.45, 7) is 19.1. The summed E-state index contributed by atoms with van der Waals surface area (Å²) in [7, 11) is 0. The topological polar surface area (TPSA) is 17.1 Å². The van der Waals surface area contributed by atoms with Crippen molar-refractivity contribution in [2.75, 3.05) is 0 Å². The third kappa shape index (κ3) is 25.0. The standard InChI is InChI=1S/C40H54O/c1-33(2)18-12-21-36(6)24-15-27-38(8)26-14-23-35(5)20-10-11-30-40(32-41)31-17-29-39(9)28-16-25-37(7)22-13-19-34(3)4/h10-11,14-20,23-32H,12-13,21-22H2,1-9H3/b11-10+,23-14+,27-15+,28-16+,31-17+,35-20+,36-24+,37-25+,38-26+,39-29+,40-30+. The van der Waals surface area contributed by atoms with E-state index in [0.29, 0.717) is 5.57 Å². The van der Waals surface area contributed by atoms with Crippen molar-refractivity contribution in [2.45, 2.75) is 88.0 Å². The second-order valence-electron chi connectivity index (χ2n) is 11.0. The molecule has 0 aromatic rings. The highest BCUT2D eigenvalue weighted by molar-refractivity contribution is 5.78. The van der Waals surface area contributed by atoms with Gasteiger partial charge in [0.2, 0.25) is 0 Å². The Labute approximate surface area is 252 Å². The lowest BCUT2D eigenvalue weighted by atomic mass is 10.1. The molecule has 0 aromatic carbocycles. The first-order chi connectivity index (χ1) is 19.5. The summed E-state index contributed by atoms with van der Waals surface area (Å²) in [6.07, 6.45) is 42.2. The minimum Gasteiger partial charge on any atom is -0.298 e. The summed E-state index contributed by atoms with van der Waals surface area (Å²) in [5, 5.41) is 0. The van der Waals surface area contributed by atoms with E-state index in [1.165, 1.54) is 27.9 Å². The van der Waals surface area contributed by atoms with Crippen molar-refractivity contribution in [3.05, 3.63) is 154 Å². The van der Waals surface area contributed by atoms with Crippen LogP contribution in [0, 0.1) is 0 Å². The Morgan fingerprint density at radius 3 is 1.22 bits per heavy atom. The molecule has 0 spiro atoms. The minimum atomic E-state index is 0.623. The summed E-state index contributed by atoms with van der Waals surface area (Å²) in [5.41, 5.74) is 9.57. The maximum Gasteiger partial charge on any atom is 0.150 e. The lowest BCUT2D eigenvalue weighted by Crippen LogP contribution is -1.77. The molecule has 0 radical (unpaired) electrons. The number of rotatable bonds is 17. The first-order valence-corrected chi connectivity index (χ1v) is 14.7. The lowest BCUT2D eigenvalue weighted by Gasteiger charge is -1.96. The van der Waals surface area contributed by atoms with Crippen LogP contribution in [-0.2, 0) is 4.79 Å². The molecular formula is C40H54O. The van der Waals surface area contributed by atoms with Crippen LogP contribution in [0.4, 0.5) is 0 Å². The summed E-state index contributed by atoms with van der Waals surface area (Å²) in [6, 6.07) is 0. The molecule has 0 N–H and O–H groups in total. The number of carbonyl (C=O) groups is 1. The van der Waals surface area contributed by atoms with Crippen LogP contribution in [0.5, 0.6) is 0 Å². The molecule has 0 rings (SSSR count). The second kappa shape index (κ2) is 24.1. The molecular weight excluding hydrogens is 496 g/mol. The fraction of sp³-hybridized carbons (Fsp3) is 0.325. The zero-order valence-corrected chi connectivity index (χ0v) is 27.2. The monoisotopic (exact) mass is 550 g/mol. The molecule has 0 saturated heterocycles. The molecule has 41 heavy (non-hydrogen) atoms. The van der Waals surface area contributed by atoms with E-state index in [1.807, 2.05) is 42.5 Å². The van der Waals surface area contributed by atoms with Crippen LogP contribution in [0.15, 0.2) is 154 Å². The molecule has 0 aliphatic rings. The third-order valence-electron chi connectivity index (χ3n) is 5.92. The van der Waals surface area contributed by atoms with E-state index >= 15 is 0 Å². The number of carbonyl (C=O) groups excluding carboxylic acids is 1. The molecule has 0 aliphatic heterocycles. The quantitative estimate of drug-likeness (QED) is 0.0761. The number of hydrogen-bond donors (Lipinski definition) is 0. The first-order valence-electron chi connectivity index (χ1n) is 14.7. The normalized spacial score (nSPS) is 14.9. The van der Waals surface area contributed by atoms with E-state index in [4.69, 9.17) is 0 Å². The van der Waals surface area contributed by atoms with Gasteiger partial charge in [-0.3, -0.25) is 4.79 Å². The van der Waals surface area contributed by atoms with Crippen LogP contribution < -0.4 is 0 Å². The highest BCUT2D eigenvalue weighted by Crippen LogP contribution is 2.09. The van der Waals surface area contributed by atoms with Crippen molar-refractivity contribution in [2.24, 2.45) is 0 Å². The largest absolute Gasteiger partial charge is 0.298 e. The van der Waals surface area contributed by atoms with E-state index in [0.717, 1.165) is 43.1 Å². The SMILES string of the molecule is CC(C)=CCC/C(C)=C/C=C/C(C)=C/C=C/C(C)=C/C=C/C=C(C=O)\C=C\C=C(C)\C=C\C=C(/C)CCC=C(C)C. The lowest BCUT2D eigenvalue weighted by molar-refractivity contribution is -0.104. The predicted molar refractivity (Wildman–Crippen MR) is 186 cm³/mol. The summed E-state index contributed by atoms with van der Waals surface area (Å²) in [4.78, 5) is 11.4. The Morgan fingerprint density at radius 1 is 0.439 bits per heavy atom. The highest BCUT2D eigenvalue weighted by atomic mass is 16.1. The van der Waals surface area contributed by atoms with Crippen LogP contribution >= 0.6 is 0 Å². The molecule has 0 aromatic heterocycles. The van der Waals surface area contributed by atoms with Gasteiger partial charge in [-0.05, 0) is 88.0 Å². The van der Waals surface area contributed by atoms with Crippen LogP contribution in [0.3, 0.4) is 0 Å². The molecule has 0 amide bonds. The Morgan fingerprint density at radius 2 is 0.805 bits per heavy atom. The minimum absolute atomic E-state index is 0.623. The smallest absolute Gasteiger partial charge is 0.150 e. The Hall–Kier alpha value is -3.71. The zero-order chi connectivity index (χ0) is 30.9. The Bertz CT molecular complexity index is 1190. The van der Waals surface area contributed by atoms with Gasteiger partial charge in [0.15, 0.2) is 0 Å². The molecule has 0 heterocycles. The molecule has 0 bridgehead atoms. The predicted octanol–water partition coefficient (Wildman–Crippen LogP) is 12.1. The Kier molecular flexibility index (Phi) is 21.9. The van der Waals surface area contributed by atoms with Gasteiger partial charge in [0.1, 0.15) is 6.29 Å². The van der Waals surface area contributed by atoms with Crippen molar-refractivity contribution in [3.63, 3.8) is 0 Å². The van der Waals surface area contributed by atoms with Gasteiger partial charge in [-0.15, -0.1) is 0 Å². The van der Waals surface area contributed by atoms with Gasteiger partial charge in [0.05, 0.1) is 0 Å². The molecule has 1 nitrogen and oxygen atoms in total. The molecule has 220 valence electrons. The van der Waals surface area contributed by atoms with Gasteiger partial charge >= 0.3 is 0 Å². The van der Waals surface area contributed by atoms with Crippen LogP contribution in [-0.4, -0.2) is 6.29 Å². The van der Waals surface area contributed by atoms with Crippen molar-refractivity contribution < 1.29 is 4.79 Å². The molecule has 0 aliphatic carbocycles. The first kappa shape index (κ1) is 37.3. The van der Waals surface area contributed by atoms with Crippen molar-refractivity contribution >= 4 is 6.29 Å². The summed E-state index contributed by atoms with van der Waals surface area (Å²) >= 11 is 0. The van der Waals surface area contributed by atoms with Crippen molar-refractivity contribution in [3.8, 4) is 0 Å². The molecule has 0 fully saturated rings. The maximum atomic E-state index is 11.4. The van der Waals surface area contributed by atoms with Gasteiger partial charge in [-0.1, -0.05) is 148 Å². The van der Waals surface area contributed by atoms with E-state index in [-0.39, 0.29) is 0 Å². The third-order valence-corrected chi connectivity index (χ3v) is 5.92. The molecule has 0 saturated carbocycles. The van der Waals surface area contributed by atoms with Gasteiger partial charge < -0.3 is 0 Å². The van der Waals surface area contributed by atoms with Crippen LogP contribution in [0.2, 0.25) is 0 Å². The molecule has 1 heteroatoms. The van der Waals surface area contributed by atoms with E-state index in [2.05, 4.69) is 129 Å².